The van der Waals surface area contributed by atoms with Gasteiger partial charge in [-0.3, -0.25) is 9.59 Å². The Labute approximate surface area is 120 Å². The van der Waals surface area contributed by atoms with Crippen molar-refractivity contribution in [3.8, 4) is 0 Å². The number of ether oxygens (including phenoxy) is 1. The summed E-state index contributed by atoms with van der Waals surface area (Å²) in [6, 6.07) is 1.33. The van der Waals surface area contributed by atoms with Crippen LogP contribution in [0.2, 0.25) is 10.2 Å². The van der Waals surface area contributed by atoms with Crippen molar-refractivity contribution in [1.29, 1.82) is 0 Å². The molecule has 1 aromatic rings. The van der Waals surface area contributed by atoms with Gasteiger partial charge in [0.1, 0.15) is 11.0 Å². The van der Waals surface area contributed by atoms with Gasteiger partial charge in [0.2, 0.25) is 0 Å². The summed E-state index contributed by atoms with van der Waals surface area (Å²) in [5.74, 6) is -0.890. The predicted molar refractivity (Wildman–Crippen MR) is 72.3 cm³/mol. The van der Waals surface area contributed by atoms with E-state index in [1.807, 2.05) is 0 Å². The Morgan fingerprint density at radius 3 is 2.79 bits per heavy atom. The molecule has 0 saturated carbocycles. The Bertz CT molecular complexity index is 494. The second-order valence-corrected chi connectivity index (χ2v) is 4.27. The topological polar surface area (TPSA) is 94.3 Å². The van der Waals surface area contributed by atoms with Crippen molar-refractivity contribution in [1.82, 2.24) is 10.3 Å². The fraction of sp³-hybridized carbons (Fsp3) is 0.364. The van der Waals surface area contributed by atoms with E-state index < -0.39 is 5.91 Å². The number of anilines is 1. The van der Waals surface area contributed by atoms with Crippen LogP contribution in [-0.4, -0.2) is 30.0 Å². The molecule has 0 unspecified atom stereocenters. The van der Waals surface area contributed by atoms with Crippen molar-refractivity contribution in [2.45, 2.75) is 13.3 Å². The summed E-state index contributed by atoms with van der Waals surface area (Å²) in [7, 11) is 0. The lowest BCUT2D eigenvalue weighted by Gasteiger charge is -2.08. The molecule has 0 aliphatic carbocycles. The molecule has 1 heterocycles. The molecule has 1 rings (SSSR count). The van der Waals surface area contributed by atoms with Gasteiger partial charge in [-0.1, -0.05) is 23.2 Å². The van der Waals surface area contributed by atoms with E-state index in [1.165, 1.54) is 6.07 Å². The quantitative estimate of drug-likeness (QED) is 0.637. The van der Waals surface area contributed by atoms with Crippen molar-refractivity contribution >= 4 is 40.9 Å². The van der Waals surface area contributed by atoms with Gasteiger partial charge in [-0.05, 0) is 13.0 Å². The second-order valence-electron chi connectivity index (χ2n) is 3.50. The lowest BCUT2D eigenvalue weighted by atomic mass is 10.2. The van der Waals surface area contributed by atoms with Gasteiger partial charge in [-0.2, -0.15) is 0 Å². The smallest absolute Gasteiger partial charge is 0.307 e. The van der Waals surface area contributed by atoms with E-state index in [4.69, 9.17) is 33.7 Å². The van der Waals surface area contributed by atoms with E-state index in [2.05, 4.69) is 10.3 Å². The number of hydrogen-bond acceptors (Lipinski definition) is 5. The number of hydrogen-bond donors (Lipinski definition) is 2. The average Bonchev–Trinajstić information content (AvgIpc) is 2.34. The number of carbonyl (C=O) groups is 2. The third-order valence-corrected chi connectivity index (χ3v) is 2.80. The molecule has 19 heavy (non-hydrogen) atoms. The maximum absolute atomic E-state index is 11.8. The molecule has 0 atom stereocenters. The van der Waals surface area contributed by atoms with Gasteiger partial charge in [0.05, 0.1) is 23.6 Å². The number of nitrogens with one attached hydrogen (secondary N) is 1. The summed E-state index contributed by atoms with van der Waals surface area (Å²) in [6.07, 6.45) is 0.0776. The summed E-state index contributed by atoms with van der Waals surface area (Å²) in [4.78, 5) is 26.6. The van der Waals surface area contributed by atoms with Crippen molar-refractivity contribution < 1.29 is 14.3 Å². The summed E-state index contributed by atoms with van der Waals surface area (Å²) in [6.45, 7) is 2.15. The number of halogens is 2. The Hall–Kier alpha value is -1.53. The number of pyridine rings is 1. The largest absolute Gasteiger partial charge is 0.466 e. The number of carbonyl (C=O) groups excluding carboxylic acids is 2. The highest BCUT2D eigenvalue weighted by molar-refractivity contribution is 6.41. The Morgan fingerprint density at radius 1 is 1.47 bits per heavy atom. The molecule has 0 bridgehead atoms. The molecule has 0 saturated heterocycles. The van der Waals surface area contributed by atoms with Crippen LogP contribution in [0.1, 0.15) is 23.7 Å². The molecule has 0 aromatic carbocycles. The van der Waals surface area contributed by atoms with Crippen LogP contribution in [0.5, 0.6) is 0 Å². The van der Waals surface area contributed by atoms with Crippen LogP contribution in [0.4, 0.5) is 5.82 Å². The normalized spacial score (nSPS) is 10.1. The Morgan fingerprint density at radius 2 is 2.16 bits per heavy atom. The van der Waals surface area contributed by atoms with Crippen molar-refractivity contribution in [3.63, 3.8) is 0 Å². The van der Waals surface area contributed by atoms with E-state index in [1.54, 1.807) is 6.92 Å². The molecular formula is C11H13Cl2N3O3. The SMILES string of the molecule is CCOC(=O)CCNC(=O)c1cc(Cl)c(Cl)nc1N. The van der Waals surface area contributed by atoms with Crippen LogP contribution in [0.25, 0.3) is 0 Å². The summed E-state index contributed by atoms with van der Waals surface area (Å²) < 4.78 is 4.72. The van der Waals surface area contributed by atoms with Gasteiger partial charge in [0, 0.05) is 6.54 Å². The zero-order chi connectivity index (χ0) is 14.4. The minimum atomic E-state index is -0.479. The first kappa shape index (κ1) is 15.5. The van der Waals surface area contributed by atoms with Gasteiger partial charge < -0.3 is 15.8 Å². The van der Waals surface area contributed by atoms with Crippen molar-refractivity contribution in [2.24, 2.45) is 0 Å². The molecule has 1 amide bonds. The van der Waals surface area contributed by atoms with E-state index in [0.29, 0.717) is 6.61 Å². The second kappa shape index (κ2) is 7.16. The first-order valence-electron chi connectivity index (χ1n) is 5.51. The fourth-order valence-corrected chi connectivity index (χ4v) is 1.56. The lowest BCUT2D eigenvalue weighted by Crippen LogP contribution is -2.27. The monoisotopic (exact) mass is 305 g/mol. The van der Waals surface area contributed by atoms with Gasteiger partial charge in [-0.15, -0.1) is 0 Å². The number of amides is 1. The minimum Gasteiger partial charge on any atom is -0.466 e. The van der Waals surface area contributed by atoms with Crippen LogP contribution >= 0.6 is 23.2 Å². The number of esters is 1. The molecule has 0 radical (unpaired) electrons. The molecule has 3 N–H and O–H groups in total. The predicted octanol–water partition coefficient (Wildman–Crippen LogP) is 1.65. The maximum Gasteiger partial charge on any atom is 0.307 e. The Balaban J connectivity index is 2.59. The average molecular weight is 306 g/mol. The van der Waals surface area contributed by atoms with Gasteiger partial charge in [0.25, 0.3) is 5.91 Å². The number of nitrogen functional groups attached to an aromatic ring is 1. The fourth-order valence-electron chi connectivity index (χ4n) is 1.27. The lowest BCUT2D eigenvalue weighted by molar-refractivity contribution is -0.142. The number of aromatic nitrogens is 1. The summed E-state index contributed by atoms with van der Waals surface area (Å²) in [5, 5.41) is 2.68. The highest BCUT2D eigenvalue weighted by Crippen LogP contribution is 2.23. The van der Waals surface area contributed by atoms with Gasteiger partial charge in [0.15, 0.2) is 0 Å². The van der Waals surface area contributed by atoms with Gasteiger partial charge >= 0.3 is 5.97 Å². The molecule has 0 aliphatic heterocycles. The zero-order valence-electron chi connectivity index (χ0n) is 10.2. The van der Waals surface area contributed by atoms with Crippen LogP contribution in [0.3, 0.4) is 0 Å². The molecule has 1 aromatic heterocycles. The standard InChI is InChI=1S/C11H13Cl2N3O3/c1-2-19-8(17)3-4-15-11(18)6-5-7(12)9(13)16-10(6)14/h5H,2-4H2,1H3,(H2,14,16)(H,15,18). The first-order chi connectivity index (χ1) is 8.95. The zero-order valence-corrected chi connectivity index (χ0v) is 11.7. The maximum atomic E-state index is 11.8. The first-order valence-corrected chi connectivity index (χ1v) is 6.26. The number of rotatable bonds is 5. The molecule has 6 nitrogen and oxygen atoms in total. The summed E-state index contributed by atoms with van der Waals surface area (Å²) in [5.41, 5.74) is 5.67. The van der Waals surface area contributed by atoms with Crippen molar-refractivity contribution in [2.75, 3.05) is 18.9 Å². The third kappa shape index (κ3) is 4.57. The molecule has 0 spiro atoms. The summed E-state index contributed by atoms with van der Waals surface area (Å²) >= 11 is 11.4. The molecule has 104 valence electrons. The van der Waals surface area contributed by atoms with E-state index >= 15 is 0 Å². The molecule has 0 aliphatic rings. The number of nitrogens with zero attached hydrogens (tertiary/aromatic N) is 1. The number of nitrogens with two attached hydrogens (primary N) is 1. The van der Waals surface area contributed by atoms with Crippen LogP contribution < -0.4 is 11.1 Å². The molecule has 8 heteroatoms. The van der Waals surface area contributed by atoms with E-state index in [-0.39, 0.29) is 40.5 Å². The van der Waals surface area contributed by atoms with Crippen molar-refractivity contribution in [3.05, 3.63) is 21.8 Å². The van der Waals surface area contributed by atoms with Gasteiger partial charge in [-0.25, -0.2) is 4.98 Å². The van der Waals surface area contributed by atoms with Crippen LogP contribution in [0.15, 0.2) is 6.07 Å². The van der Waals surface area contributed by atoms with Crippen LogP contribution in [-0.2, 0) is 9.53 Å². The third-order valence-electron chi connectivity index (χ3n) is 2.13. The molecular weight excluding hydrogens is 293 g/mol. The molecule has 0 fully saturated rings. The van der Waals surface area contributed by atoms with E-state index in [0.717, 1.165) is 0 Å². The highest BCUT2D eigenvalue weighted by Gasteiger charge is 2.14. The Kier molecular flexibility index (Phi) is 5.85. The highest BCUT2D eigenvalue weighted by atomic mass is 35.5. The van der Waals surface area contributed by atoms with Crippen LogP contribution in [0, 0.1) is 0 Å². The van der Waals surface area contributed by atoms with E-state index in [9.17, 15) is 9.59 Å². The minimum absolute atomic E-state index is 0.0250.